The SMILES string of the molecule is C=CCSCC(=O)NC(CC(C)C)C(=O)O. The largest absolute Gasteiger partial charge is 0.480 e. The maximum absolute atomic E-state index is 11.4. The minimum absolute atomic E-state index is 0.236. The highest BCUT2D eigenvalue weighted by atomic mass is 32.2. The number of thioether (sulfide) groups is 1. The van der Waals surface area contributed by atoms with Crippen LogP contribution in [0.3, 0.4) is 0 Å². The summed E-state index contributed by atoms with van der Waals surface area (Å²) in [5.41, 5.74) is 0. The van der Waals surface area contributed by atoms with Crippen LogP contribution in [0, 0.1) is 5.92 Å². The fraction of sp³-hybridized carbons (Fsp3) is 0.636. The Labute approximate surface area is 100 Å². The van der Waals surface area contributed by atoms with Gasteiger partial charge in [0.2, 0.25) is 5.91 Å². The average Bonchev–Trinajstić information content (AvgIpc) is 2.16. The molecule has 0 heterocycles. The van der Waals surface area contributed by atoms with Crippen LogP contribution >= 0.6 is 11.8 Å². The van der Waals surface area contributed by atoms with E-state index in [1.807, 2.05) is 13.8 Å². The molecular weight excluding hydrogens is 226 g/mol. The lowest BCUT2D eigenvalue weighted by molar-refractivity contribution is -0.141. The van der Waals surface area contributed by atoms with E-state index >= 15 is 0 Å². The third kappa shape index (κ3) is 7.34. The molecule has 0 aromatic rings. The molecule has 0 rings (SSSR count). The van der Waals surface area contributed by atoms with Gasteiger partial charge in [0.25, 0.3) is 0 Å². The molecule has 1 atom stereocenters. The number of nitrogens with one attached hydrogen (secondary N) is 1. The first-order chi connectivity index (χ1) is 7.47. The number of rotatable bonds is 8. The molecule has 0 saturated heterocycles. The number of carboxylic acid groups (broad SMARTS) is 1. The van der Waals surface area contributed by atoms with Crippen molar-refractivity contribution >= 4 is 23.6 Å². The Morgan fingerprint density at radius 1 is 1.50 bits per heavy atom. The van der Waals surface area contributed by atoms with Crippen molar-refractivity contribution in [2.24, 2.45) is 5.92 Å². The van der Waals surface area contributed by atoms with E-state index < -0.39 is 12.0 Å². The molecule has 0 spiro atoms. The van der Waals surface area contributed by atoms with Gasteiger partial charge in [0.15, 0.2) is 0 Å². The maximum atomic E-state index is 11.4. The first-order valence-corrected chi connectivity index (χ1v) is 6.33. The fourth-order valence-corrected chi connectivity index (χ4v) is 1.72. The molecule has 0 aromatic carbocycles. The molecule has 4 nitrogen and oxygen atoms in total. The van der Waals surface area contributed by atoms with E-state index in [4.69, 9.17) is 5.11 Å². The number of carbonyl (C=O) groups is 2. The summed E-state index contributed by atoms with van der Waals surface area (Å²) < 4.78 is 0. The van der Waals surface area contributed by atoms with Crippen molar-refractivity contribution < 1.29 is 14.7 Å². The van der Waals surface area contributed by atoms with Crippen molar-refractivity contribution in [2.45, 2.75) is 26.3 Å². The smallest absolute Gasteiger partial charge is 0.326 e. The number of carboxylic acids is 1. The van der Waals surface area contributed by atoms with Gasteiger partial charge < -0.3 is 10.4 Å². The van der Waals surface area contributed by atoms with Crippen molar-refractivity contribution in [2.75, 3.05) is 11.5 Å². The van der Waals surface area contributed by atoms with Crippen molar-refractivity contribution in [3.05, 3.63) is 12.7 Å². The lowest BCUT2D eigenvalue weighted by Crippen LogP contribution is -2.42. The minimum atomic E-state index is -0.976. The van der Waals surface area contributed by atoms with Gasteiger partial charge >= 0.3 is 5.97 Å². The molecule has 92 valence electrons. The average molecular weight is 245 g/mol. The quantitative estimate of drug-likeness (QED) is 0.502. The first kappa shape index (κ1) is 15.0. The van der Waals surface area contributed by atoms with Crippen LogP contribution in [0.4, 0.5) is 0 Å². The highest BCUT2D eigenvalue weighted by Crippen LogP contribution is 2.06. The summed E-state index contributed by atoms with van der Waals surface area (Å²) in [7, 11) is 0. The summed E-state index contributed by atoms with van der Waals surface area (Å²) in [6.45, 7) is 7.39. The Bertz CT molecular complexity index is 254. The number of hydrogen-bond donors (Lipinski definition) is 2. The van der Waals surface area contributed by atoms with Gasteiger partial charge in [0, 0.05) is 5.75 Å². The maximum Gasteiger partial charge on any atom is 0.326 e. The van der Waals surface area contributed by atoms with E-state index in [1.54, 1.807) is 6.08 Å². The predicted molar refractivity (Wildman–Crippen MR) is 66.5 cm³/mol. The second kappa shape index (κ2) is 8.21. The molecule has 0 radical (unpaired) electrons. The number of hydrogen-bond acceptors (Lipinski definition) is 3. The molecule has 5 heteroatoms. The van der Waals surface area contributed by atoms with E-state index in [2.05, 4.69) is 11.9 Å². The molecule has 0 saturated carbocycles. The van der Waals surface area contributed by atoms with Gasteiger partial charge in [0.1, 0.15) is 6.04 Å². The van der Waals surface area contributed by atoms with Gasteiger partial charge in [0.05, 0.1) is 5.75 Å². The molecule has 0 aromatic heterocycles. The van der Waals surface area contributed by atoms with E-state index in [1.165, 1.54) is 11.8 Å². The molecule has 1 amide bonds. The third-order valence-corrected chi connectivity index (χ3v) is 2.75. The van der Waals surface area contributed by atoms with Gasteiger partial charge in [-0.2, -0.15) is 0 Å². The standard InChI is InChI=1S/C11H19NO3S/c1-4-5-16-7-10(13)12-9(11(14)15)6-8(2)3/h4,8-9H,1,5-7H2,2-3H3,(H,12,13)(H,14,15). The van der Waals surface area contributed by atoms with Gasteiger partial charge in [-0.15, -0.1) is 18.3 Å². The zero-order valence-corrected chi connectivity index (χ0v) is 10.5. The fourth-order valence-electron chi connectivity index (χ4n) is 1.16. The highest BCUT2D eigenvalue weighted by molar-refractivity contribution is 8.00. The first-order valence-electron chi connectivity index (χ1n) is 5.18. The summed E-state index contributed by atoms with van der Waals surface area (Å²) in [5.74, 6) is -0.0126. The monoisotopic (exact) mass is 245 g/mol. The van der Waals surface area contributed by atoms with Crippen LogP contribution in [0.15, 0.2) is 12.7 Å². The van der Waals surface area contributed by atoms with E-state index in [0.717, 1.165) is 0 Å². The Hall–Kier alpha value is -0.970. The van der Waals surface area contributed by atoms with Crippen molar-refractivity contribution in [3.63, 3.8) is 0 Å². The Kier molecular flexibility index (Phi) is 7.72. The van der Waals surface area contributed by atoms with Gasteiger partial charge in [-0.3, -0.25) is 4.79 Å². The van der Waals surface area contributed by atoms with E-state index in [9.17, 15) is 9.59 Å². The second-order valence-electron chi connectivity index (χ2n) is 3.89. The molecule has 0 aliphatic carbocycles. The Balaban J connectivity index is 4.03. The summed E-state index contributed by atoms with van der Waals surface area (Å²) >= 11 is 1.41. The Morgan fingerprint density at radius 3 is 2.56 bits per heavy atom. The number of amides is 1. The van der Waals surface area contributed by atoms with Crippen LogP contribution in [0.25, 0.3) is 0 Å². The summed E-state index contributed by atoms with van der Waals surface area (Å²) in [4.78, 5) is 22.2. The van der Waals surface area contributed by atoms with Crippen LogP contribution in [0.5, 0.6) is 0 Å². The van der Waals surface area contributed by atoms with Gasteiger partial charge in [-0.1, -0.05) is 19.9 Å². The van der Waals surface area contributed by atoms with E-state index in [0.29, 0.717) is 12.2 Å². The van der Waals surface area contributed by atoms with Gasteiger partial charge in [-0.05, 0) is 12.3 Å². The van der Waals surface area contributed by atoms with Crippen LogP contribution in [-0.2, 0) is 9.59 Å². The van der Waals surface area contributed by atoms with Crippen molar-refractivity contribution in [1.82, 2.24) is 5.32 Å². The normalized spacial score (nSPS) is 12.2. The zero-order chi connectivity index (χ0) is 12.6. The lowest BCUT2D eigenvalue weighted by atomic mass is 10.0. The second-order valence-corrected chi connectivity index (χ2v) is 4.92. The summed E-state index contributed by atoms with van der Waals surface area (Å²) in [5, 5.41) is 11.4. The van der Waals surface area contributed by atoms with E-state index in [-0.39, 0.29) is 17.6 Å². The zero-order valence-electron chi connectivity index (χ0n) is 9.73. The number of aliphatic carboxylic acids is 1. The molecule has 2 N–H and O–H groups in total. The third-order valence-electron chi connectivity index (χ3n) is 1.81. The molecular formula is C11H19NO3S. The summed E-state index contributed by atoms with van der Waals surface area (Å²) in [6.07, 6.45) is 2.16. The molecule has 16 heavy (non-hydrogen) atoms. The van der Waals surface area contributed by atoms with Crippen LogP contribution in [-0.4, -0.2) is 34.5 Å². The molecule has 0 aliphatic heterocycles. The van der Waals surface area contributed by atoms with Gasteiger partial charge in [-0.25, -0.2) is 4.79 Å². The van der Waals surface area contributed by atoms with Crippen LogP contribution in [0.2, 0.25) is 0 Å². The van der Waals surface area contributed by atoms with Crippen molar-refractivity contribution in [1.29, 1.82) is 0 Å². The predicted octanol–water partition coefficient (Wildman–Crippen LogP) is 1.52. The topological polar surface area (TPSA) is 66.4 Å². The summed E-state index contributed by atoms with van der Waals surface area (Å²) in [6, 6.07) is -0.781. The minimum Gasteiger partial charge on any atom is -0.480 e. The molecule has 0 bridgehead atoms. The highest BCUT2D eigenvalue weighted by Gasteiger charge is 2.20. The van der Waals surface area contributed by atoms with Crippen LogP contribution < -0.4 is 5.32 Å². The molecule has 0 aliphatic rings. The lowest BCUT2D eigenvalue weighted by Gasteiger charge is -2.16. The van der Waals surface area contributed by atoms with Crippen molar-refractivity contribution in [3.8, 4) is 0 Å². The Morgan fingerprint density at radius 2 is 2.12 bits per heavy atom. The number of carbonyl (C=O) groups excluding carboxylic acids is 1. The molecule has 1 unspecified atom stereocenters. The van der Waals surface area contributed by atoms with Crippen LogP contribution in [0.1, 0.15) is 20.3 Å². The molecule has 0 fully saturated rings.